The molecule has 0 atom stereocenters. The summed E-state index contributed by atoms with van der Waals surface area (Å²) in [7, 11) is 0. The Kier molecular flexibility index (Phi) is 9.20. The van der Waals surface area contributed by atoms with E-state index in [1.54, 1.807) is 0 Å². The molecule has 0 aliphatic heterocycles. The first kappa shape index (κ1) is 40.0. The molecule has 0 aliphatic rings. The van der Waals surface area contributed by atoms with Crippen LogP contribution in [-0.2, 0) is 0 Å². The van der Waals surface area contributed by atoms with E-state index in [9.17, 15) is 0 Å². The first-order chi connectivity index (χ1) is 33.4. The molecule has 11 aromatic carbocycles. The van der Waals surface area contributed by atoms with Gasteiger partial charge in [0.1, 0.15) is 22.3 Å². The molecule has 2 aromatic heterocycles. The van der Waals surface area contributed by atoms with Crippen molar-refractivity contribution in [2.45, 2.75) is 39.5 Å². The van der Waals surface area contributed by atoms with Crippen molar-refractivity contribution in [1.82, 2.24) is 0 Å². The van der Waals surface area contributed by atoms with Crippen LogP contribution >= 0.6 is 0 Å². The summed E-state index contributed by atoms with van der Waals surface area (Å²) < 4.78 is 13.6. The van der Waals surface area contributed by atoms with Gasteiger partial charge in [-0.2, -0.15) is 0 Å². The smallest absolute Gasteiger partial charge is 0.143 e. The summed E-state index contributed by atoms with van der Waals surface area (Å²) in [5.41, 5.74) is 12.8. The van der Waals surface area contributed by atoms with Gasteiger partial charge in [0.2, 0.25) is 0 Å². The van der Waals surface area contributed by atoms with Crippen molar-refractivity contribution < 1.29 is 8.83 Å². The minimum absolute atomic E-state index is 0.417. The molecule has 0 aliphatic carbocycles. The number of hydrogen-bond acceptors (Lipinski definition) is 4. The van der Waals surface area contributed by atoms with Crippen LogP contribution in [0.5, 0.6) is 0 Å². The van der Waals surface area contributed by atoms with Gasteiger partial charge in [0, 0.05) is 71.9 Å². The molecule has 0 N–H and O–H groups in total. The quantitative estimate of drug-likeness (QED) is 0.152. The van der Waals surface area contributed by atoms with Crippen molar-refractivity contribution in [2.75, 3.05) is 9.80 Å². The van der Waals surface area contributed by atoms with Crippen LogP contribution in [0.2, 0.25) is 0 Å². The van der Waals surface area contributed by atoms with Gasteiger partial charge in [-0.25, -0.2) is 0 Å². The van der Waals surface area contributed by atoms with E-state index in [1.807, 2.05) is 0 Å². The van der Waals surface area contributed by atoms with Gasteiger partial charge in [-0.15, -0.1) is 0 Å². The van der Waals surface area contributed by atoms with E-state index in [0.29, 0.717) is 11.8 Å². The first-order valence-electron chi connectivity index (χ1n) is 23.8. The molecule has 0 saturated carbocycles. The maximum Gasteiger partial charge on any atom is 0.143 e. The monoisotopic (exact) mass is 876 g/mol. The fourth-order valence-corrected chi connectivity index (χ4v) is 10.9. The predicted octanol–water partition coefficient (Wildman–Crippen LogP) is 19.3. The Labute approximate surface area is 394 Å². The summed E-state index contributed by atoms with van der Waals surface area (Å²) in [5.74, 6) is 0.834. The highest BCUT2D eigenvalue weighted by molar-refractivity contribution is 6.22. The second kappa shape index (κ2) is 15.6. The summed E-state index contributed by atoms with van der Waals surface area (Å²) in [6.07, 6.45) is 0. The highest BCUT2D eigenvalue weighted by atomic mass is 16.3. The first-order valence-corrected chi connectivity index (χ1v) is 23.8. The Bertz CT molecular complexity index is 3840. The van der Waals surface area contributed by atoms with Gasteiger partial charge < -0.3 is 18.6 Å². The lowest BCUT2D eigenvalue weighted by atomic mass is 9.94. The second-order valence-corrected chi connectivity index (χ2v) is 18.8. The van der Waals surface area contributed by atoms with Crippen LogP contribution in [0.4, 0.5) is 34.1 Å². The van der Waals surface area contributed by atoms with Gasteiger partial charge in [0.05, 0.1) is 11.4 Å². The molecular formula is C64H48N2O2. The third-order valence-electron chi connectivity index (χ3n) is 14.1. The molecule has 0 bridgehead atoms. The van der Waals surface area contributed by atoms with E-state index >= 15 is 0 Å². The highest BCUT2D eigenvalue weighted by Crippen LogP contribution is 2.46. The summed E-state index contributed by atoms with van der Waals surface area (Å²) in [6, 6.07) is 74.8. The lowest BCUT2D eigenvalue weighted by molar-refractivity contribution is 0.660. The molecule has 0 spiro atoms. The van der Waals surface area contributed by atoms with Crippen LogP contribution in [0.1, 0.15) is 50.7 Å². The fourth-order valence-electron chi connectivity index (χ4n) is 10.9. The second-order valence-electron chi connectivity index (χ2n) is 18.8. The zero-order valence-corrected chi connectivity index (χ0v) is 38.5. The number of hydrogen-bond donors (Lipinski definition) is 0. The lowest BCUT2D eigenvalue weighted by Gasteiger charge is -2.28. The zero-order valence-electron chi connectivity index (χ0n) is 38.5. The SMILES string of the molecule is CC(C)c1ccc(N(c2ccccc2)c2ccc3c(ccc4c5cc6c(cc5oc34)oc3c4ccc(N(c5ccccc5)c5ccc(C(C)C)c7ccccc57)cc4ccc63)c2)c2ccccc12. The van der Waals surface area contributed by atoms with Crippen molar-refractivity contribution in [2.24, 2.45) is 0 Å². The number of anilines is 6. The van der Waals surface area contributed by atoms with Gasteiger partial charge in [0.25, 0.3) is 0 Å². The summed E-state index contributed by atoms with van der Waals surface area (Å²) >= 11 is 0. The Morgan fingerprint density at radius 3 is 1.12 bits per heavy atom. The predicted molar refractivity (Wildman–Crippen MR) is 289 cm³/mol. The largest absolute Gasteiger partial charge is 0.455 e. The van der Waals surface area contributed by atoms with Gasteiger partial charge in [-0.3, -0.25) is 0 Å². The van der Waals surface area contributed by atoms with Crippen LogP contribution in [0.3, 0.4) is 0 Å². The van der Waals surface area contributed by atoms with E-state index in [2.05, 4.69) is 244 Å². The van der Waals surface area contributed by atoms with E-state index in [4.69, 9.17) is 8.83 Å². The van der Waals surface area contributed by atoms with Crippen molar-refractivity contribution in [3.05, 3.63) is 217 Å². The summed E-state index contributed by atoms with van der Waals surface area (Å²) in [4.78, 5) is 4.76. The van der Waals surface area contributed by atoms with Crippen LogP contribution in [0.25, 0.3) is 87.0 Å². The average molecular weight is 877 g/mol. The van der Waals surface area contributed by atoms with Crippen LogP contribution in [0, 0.1) is 0 Å². The van der Waals surface area contributed by atoms with E-state index in [0.717, 1.165) is 99.5 Å². The van der Waals surface area contributed by atoms with Crippen molar-refractivity contribution in [3.8, 4) is 0 Å². The Hall–Kier alpha value is -8.34. The molecule has 0 radical (unpaired) electrons. The number of para-hydroxylation sites is 2. The van der Waals surface area contributed by atoms with Crippen LogP contribution in [0.15, 0.2) is 215 Å². The van der Waals surface area contributed by atoms with Crippen LogP contribution in [-0.4, -0.2) is 0 Å². The molecule has 4 nitrogen and oxygen atoms in total. The van der Waals surface area contributed by atoms with Crippen LogP contribution < -0.4 is 9.80 Å². The Balaban J connectivity index is 0.909. The third kappa shape index (κ3) is 6.28. The van der Waals surface area contributed by atoms with Gasteiger partial charge in [-0.1, -0.05) is 137 Å². The standard InChI is InChI=1S/C64H48N2O2/c1-39(2)47-31-33-59(53-21-13-11-19-51(47)53)65(43-15-7-5-8-16-43)45-25-29-49-41(35-45)23-27-55-57-37-58-56-28-24-42-36-46(26-30-50(42)64(56)68-62(58)38-61(57)67-63(49)55)66(44-17-9-6-10-18-44)60-34-32-48(40(3)4)52-20-12-14-22-54(52)60/h5-40H,1-4H3. The minimum Gasteiger partial charge on any atom is -0.455 e. The number of fused-ring (bicyclic) bond motifs is 12. The molecule has 2 heterocycles. The zero-order chi connectivity index (χ0) is 45.6. The topological polar surface area (TPSA) is 32.8 Å². The van der Waals surface area contributed by atoms with Crippen molar-refractivity contribution >= 4 is 121 Å². The van der Waals surface area contributed by atoms with Crippen molar-refractivity contribution in [1.29, 1.82) is 0 Å². The van der Waals surface area contributed by atoms with Gasteiger partial charge in [0.15, 0.2) is 0 Å². The Morgan fingerprint density at radius 2 is 0.691 bits per heavy atom. The molecule has 13 aromatic rings. The summed E-state index contributed by atoms with van der Waals surface area (Å²) in [6.45, 7) is 9.07. The van der Waals surface area contributed by atoms with E-state index in [1.165, 1.54) is 32.7 Å². The van der Waals surface area contributed by atoms with Gasteiger partial charge in [-0.05, 0) is 136 Å². The molecule has 326 valence electrons. The maximum atomic E-state index is 6.82. The summed E-state index contributed by atoms with van der Waals surface area (Å²) in [5, 5.41) is 13.8. The van der Waals surface area contributed by atoms with Gasteiger partial charge >= 0.3 is 0 Å². The number of nitrogens with zero attached hydrogens (tertiary/aromatic N) is 2. The molecule has 0 fully saturated rings. The average Bonchev–Trinajstić information content (AvgIpc) is 3.94. The normalized spacial score (nSPS) is 12.1. The molecule has 0 amide bonds. The van der Waals surface area contributed by atoms with E-state index in [-0.39, 0.29) is 0 Å². The fraction of sp³-hybridized carbons (Fsp3) is 0.0938. The minimum atomic E-state index is 0.417. The number of rotatable bonds is 8. The Morgan fingerprint density at radius 1 is 0.294 bits per heavy atom. The number of benzene rings is 11. The highest BCUT2D eigenvalue weighted by Gasteiger charge is 2.22. The molecule has 4 heteroatoms. The molecule has 68 heavy (non-hydrogen) atoms. The molecule has 13 rings (SSSR count). The molecular weight excluding hydrogens is 829 g/mol. The third-order valence-corrected chi connectivity index (χ3v) is 14.1. The maximum absolute atomic E-state index is 6.82. The van der Waals surface area contributed by atoms with E-state index < -0.39 is 0 Å². The lowest BCUT2D eigenvalue weighted by Crippen LogP contribution is -2.11. The van der Waals surface area contributed by atoms with Crippen molar-refractivity contribution in [3.63, 3.8) is 0 Å². The number of furan rings is 2. The molecule has 0 saturated heterocycles. The molecule has 0 unspecified atom stereocenters.